The van der Waals surface area contributed by atoms with Crippen LogP contribution in [-0.2, 0) is 4.79 Å². The summed E-state index contributed by atoms with van der Waals surface area (Å²) in [5.41, 5.74) is 0.489. The van der Waals surface area contributed by atoms with E-state index in [1.165, 1.54) is 12.1 Å². The summed E-state index contributed by atoms with van der Waals surface area (Å²) in [5.74, 6) is -0.358. The average Bonchev–Trinajstić information content (AvgIpc) is 2.41. The highest BCUT2D eigenvalue weighted by Crippen LogP contribution is 2.14. The first-order valence-corrected chi connectivity index (χ1v) is 6.83. The molecule has 0 bridgehead atoms. The van der Waals surface area contributed by atoms with E-state index in [0.29, 0.717) is 6.42 Å². The number of hydrogen-bond donors (Lipinski definition) is 2. The van der Waals surface area contributed by atoms with Crippen molar-refractivity contribution in [2.45, 2.75) is 38.6 Å². The average molecular weight is 279 g/mol. The van der Waals surface area contributed by atoms with E-state index >= 15 is 0 Å². The van der Waals surface area contributed by atoms with Crippen molar-refractivity contribution in [3.05, 3.63) is 41.7 Å². The molecule has 0 heterocycles. The highest BCUT2D eigenvalue weighted by Gasteiger charge is 2.22. The minimum atomic E-state index is -0.366. The Morgan fingerprint density at radius 3 is 2.60 bits per heavy atom. The van der Waals surface area contributed by atoms with Crippen LogP contribution in [0.2, 0.25) is 0 Å². The fourth-order valence-electron chi connectivity index (χ4n) is 1.84. The molecule has 1 unspecified atom stereocenters. The maximum atomic E-state index is 12.7. The lowest BCUT2D eigenvalue weighted by Crippen LogP contribution is -2.45. The van der Waals surface area contributed by atoms with Gasteiger partial charge in [-0.1, -0.05) is 31.2 Å². The van der Waals surface area contributed by atoms with Gasteiger partial charge >= 0.3 is 0 Å². The first-order valence-electron chi connectivity index (χ1n) is 6.83. The smallest absolute Gasteiger partial charge is 0.224 e. The van der Waals surface area contributed by atoms with Gasteiger partial charge in [0.15, 0.2) is 0 Å². The number of carbonyl (C=O) groups excluding carboxylic acids is 1. The van der Waals surface area contributed by atoms with Gasteiger partial charge < -0.3 is 10.4 Å². The van der Waals surface area contributed by atoms with Crippen LogP contribution in [0.3, 0.4) is 0 Å². The fraction of sp³-hybridized carbons (Fsp3) is 0.438. The number of benzene rings is 1. The second-order valence-corrected chi connectivity index (χ2v) is 5.09. The predicted octanol–water partition coefficient (Wildman–Crippen LogP) is 2.90. The van der Waals surface area contributed by atoms with Crippen molar-refractivity contribution in [3.8, 4) is 0 Å². The van der Waals surface area contributed by atoms with E-state index < -0.39 is 0 Å². The minimum Gasteiger partial charge on any atom is -0.396 e. The van der Waals surface area contributed by atoms with E-state index in [9.17, 15) is 9.18 Å². The van der Waals surface area contributed by atoms with Crippen LogP contribution in [0.15, 0.2) is 30.3 Å². The van der Waals surface area contributed by atoms with Gasteiger partial charge in [0.1, 0.15) is 5.82 Å². The lowest BCUT2D eigenvalue weighted by molar-refractivity contribution is -0.122. The maximum absolute atomic E-state index is 12.7. The van der Waals surface area contributed by atoms with Gasteiger partial charge in [-0.05, 0) is 37.5 Å². The van der Waals surface area contributed by atoms with E-state index in [2.05, 4.69) is 5.32 Å². The molecule has 0 radical (unpaired) electrons. The fourth-order valence-corrected chi connectivity index (χ4v) is 1.84. The molecular weight excluding hydrogens is 257 g/mol. The number of carbonyl (C=O) groups is 1. The summed E-state index contributed by atoms with van der Waals surface area (Å²) in [5, 5.41) is 11.9. The molecule has 0 aliphatic carbocycles. The Kier molecular flexibility index (Phi) is 6.39. The highest BCUT2D eigenvalue weighted by molar-refractivity contribution is 5.79. The van der Waals surface area contributed by atoms with Crippen LogP contribution in [0.5, 0.6) is 0 Å². The van der Waals surface area contributed by atoms with Crippen molar-refractivity contribution in [3.63, 3.8) is 0 Å². The second kappa shape index (κ2) is 7.80. The van der Waals surface area contributed by atoms with Crippen LogP contribution in [0.25, 0.3) is 6.08 Å². The molecule has 0 aliphatic rings. The van der Waals surface area contributed by atoms with Gasteiger partial charge in [0.25, 0.3) is 0 Å². The Bertz CT molecular complexity index is 456. The molecule has 1 rings (SSSR count). The molecule has 0 saturated heterocycles. The van der Waals surface area contributed by atoms with E-state index in [-0.39, 0.29) is 30.3 Å². The van der Waals surface area contributed by atoms with Gasteiger partial charge in [-0.3, -0.25) is 4.79 Å². The zero-order valence-corrected chi connectivity index (χ0v) is 12.0. The van der Waals surface area contributed by atoms with Gasteiger partial charge in [0.2, 0.25) is 5.91 Å². The van der Waals surface area contributed by atoms with Crippen molar-refractivity contribution in [1.29, 1.82) is 0 Å². The first kappa shape index (κ1) is 16.4. The van der Waals surface area contributed by atoms with E-state index in [4.69, 9.17) is 5.11 Å². The van der Waals surface area contributed by atoms with Crippen LogP contribution < -0.4 is 5.32 Å². The number of aliphatic hydroxyl groups excluding tert-OH is 1. The Balaban J connectivity index is 2.48. The molecule has 0 saturated carbocycles. The zero-order chi connectivity index (χ0) is 15.0. The van der Waals surface area contributed by atoms with Crippen LogP contribution >= 0.6 is 0 Å². The third kappa shape index (κ3) is 5.53. The Labute approximate surface area is 119 Å². The van der Waals surface area contributed by atoms with Crippen molar-refractivity contribution in [2.75, 3.05) is 6.61 Å². The second-order valence-electron chi connectivity index (χ2n) is 5.09. The molecule has 110 valence electrons. The summed E-state index contributed by atoms with van der Waals surface area (Å²) in [4.78, 5) is 11.8. The minimum absolute atomic E-state index is 0.0516. The number of nitrogens with one attached hydrogen (secondary N) is 1. The summed E-state index contributed by atoms with van der Waals surface area (Å²) in [7, 11) is 0. The molecule has 0 spiro atoms. The third-order valence-electron chi connectivity index (χ3n) is 3.37. The van der Waals surface area contributed by atoms with Gasteiger partial charge in [-0.2, -0.15) is 0 Å². The van der Waals surface area contributed by atoms with E-state index in [0.717, 1.165) is 12.0 Å². The largest absolute Gasteiger partial charge is 0.396 e. The lowest BCUT2D eigenvalue weighted by Gasteiger charge is -2.28. The Morgan fingerprint density at radius 1 is 1.40 bits per heavy atom. The van der Waals surface area contributed by atoms with Crippen molar-refractivity contribution in [2.24, 2.45) is 0 Å². The summed E-state index contributed by atoms with van der Waals surface area (Å²) in [6.07, 6.45) is 5.10. The number of halogens is 1. The lowest BCUT2D eigenvalue weighted by atomic mass is 9.94. The quantitative estimate of drug-likeness (QED) is 0.806. The summed E-state index contributed by atoms with van der Waals surface area (Å²) < 4.78 is 12.7. The van der Waals surface area contributed by atoms with E-state index in [1.807, 2.05) is 13.8 Å². The van der Waals surface area contributed by atoms with Crippen LogP contribution in [0, 0.1) is 5.82 Å². The SMILES string of the molecule is CCC(C)(CCO)NC(=O)C/C=C/c1ccc(F)cc1. The van der Waals surface area contributed by atoms with Crippen LogP contribution in [0.4, 0.5) is 4.39 Å². The molecule has 4 heteroatoms. The topological polar surface area (TPSA) is 49.3 Å². The van der Waals surface area contributed by atoms with Crippen molar-refractivity contribution in [1.82, 2.24) is 5.32 Å². The number of amides is 1. The molecule has 1 aromatic carbocycles. The molecule has 0 fully saturated rings. The normalized spacial score (nSPS) is 14.2. The summed E-state index contributed by atoms with van der Waals surface area (Å²) in [6, 6.07) is 6.08. The zero-order valence-electron chi connectivity index (χ0n) is 12.0. The van der Waals surface area contributed by atoms with Crippen molar-refractivity contribution < 1.29 is 14.3 Å². The third-order valence-corrected chi connectivity index (χ3v) is 3.37. The predicted molar refractivity (Wildman–Crippen MR) is 78.6 cm³/mol. The number of rotatable bonds is 7. The maximum Gasteiger partial charge on any atom is 0.224 e. The molecule has 1 aromatic rings. The first-order chi connectivity index (χ1) is 9.49. The number of hydrogen-bond acceptors (Lipinski definition) is 2. The highest BCUT2D eigenvalue weighted by atomic mass is 19.1. The molecule has 1 amide bonds. The van der Waals surface area contributed by atoms with Crippen LogP contribution in [-0.4, -0.2) is 23.2 Å². The number of aliphatic hydroxyl groups is 1. The molecule has 0 aliphatic heterocycles. The van der Waals surface area contributed by atoms with Crippen LogP contribution in [0.1, 0.15) is 38.7 Å². The standard InChI is InChI=1S/C16H22FNO2/c1-3-16(2,11-12-19)18-15(20)6-4-5-13-7-9-14(17)10-8-13/h4-5,7-10,19H,3,6,11-12H2,1-2H3,(H,18,20)/b5-4+. The molecule has 0 aromatic heterocycles. The Morgan fingerprint density at radius 2 is 2.05 bits per heavy atom. The molecular formula is C16H22FNO2. The molecule has 3 nitrogen and oxygen atoms in total. The van der Waals surface area contributed by atoms with E-state index in [1.54, 1.807) is 24.3 Å². The van der Waals surface area contributed by atoms with Gasteiger partial charge in [-0.15, -0.1) is 0 Å². The van der Waals surface area contributed by atoms with Gasteiger partial charge in [0.05, 0.1) is 0 Å². The molecule has 1 atom stereocenters. The summed E-state index contributed by atoms with van der Waals surface area (Å²) >= 11 is 0. The van der Waals surface area contributed by atoms with Crippen molar-refractivity contribution >= 4 is 12.0 Å². The monoisotopic (exact) mass is 279 g/mol. The molecule has 2 N–H and O–H groups in total. The van der Waals surface area contributed by atoms with Gasteiger partial charge in [0, 0.05) is 18.6 Å². The summed E-state index contributed by atoms with van der Waals surface area (Å²) in [6.45, 7) is 3.95. The Hall–Kier alpha value is -1.68. The molecule has 20 heavy (non-hydrogen) atoms. The van der Waals surface area contributed by atoms with Gasteiger partial charge in [-0.25, -0.2) is 4.39 Å².